The molecule has 0 saturated carbocycles. The number of aromatic carboxylic acids is 1. The molecule has 0 amide bonds. The Morgan fingerprint density at radius 2 is 1.93 bits per heavy atom. The summed E-state index contributed by atoms with van der Waals surface area (Å²) in [5.41, 5.74) is 3.84. The highest BCUT2D eigenvalue weighted by molar-refractivity contribution is 6.33. The van der Waals surface area contributed by atoms with Crippen molar-refractivity contribution in [2.45, 2.75) is 0 Å². The molecule has 3 aromatic rings. The molecule has 0 radical (unpaired) electrons. The summed E-state index contributed by atoms with van der Waals surface area (Å²) in [6.45, 7) is 0. The Bertz CT molecular complexity index is 1030. The molecular weight excluding hydrogens is 374 g/mol. The first-order valence-corrected chi connectivity index (χ1v) is 7.98. The Morgan fingerprint density at radius 1 is 1.19 bits per heavy atom. The molecule has 2 N–H and O–H groups in total. The third kappa shape index (κ3) is 4.31. The zero-order valence-electron chi connectivity index (χ0n) is 13.6. The molecular formula is C18H12ClN3O5. The molecule has 0 spiro atoms. The summed E-state index contributed by atoms with van der Waals surface area (Å²) in [6.07, 6.45) is 1.42. The number of nitrogens with one attached hydrogen (secondary N) is 1. The molecule has 136 valence electrons. The Labute approximate surface area is 157 Å². The van der Waals surface area contributed by atoms with Crippen molar-refractivity contribution in [3.8, 4) is 11.3 Å². The van der Waals surface area contributed by atoms with Crippen molar-refractivity contribution in [1.82, 2.24) is 0 Å². The predicted molar refractivity (Wildman–Crippen MR) is 100 cm³/mol. The van der Waals surface area contributed by atoms with Gasteiger partial charge in [-0.3, -0.25) is 15.5 Å². The Kier molecular flexibility index (Phi) is 5.18. The van der Waals surface area contributed by atoms with Crippen molar-refractivity contribution in [1.29, 1.82) is 0 Å². The standard InChI is InChI=1S/C18H12ClN3O5/c19-16-7-1-11(18(23)24)9-15(16)17-8-6-14(27-17)10-20-21-12-2-4-13(5-3-12)22(25)26/h1-10,21H,(H,23,24). The highest BCUT2D eigenvalue weighted by Gasteiger charge is 2.12. The minimum atomic E-state index is -1.06. The van der Waals surface area contributed by atoms with Gasteiger partial charge in [-0.2, -0.15) is 5.10 Å². The smallest absolute Gasteiger partial charge is 0.335 e. The van der Waals surface area contributed by atoms with Gasteiger partial charge in [0, 0.05) is 17.7 Å². The van der Waals surface area contributed by atoms with Crippen LogP contribution in [0.5, 0.6) is 0 Å². The maximum absolute atomic E-state index is 11.1. The maximum Gasteiger partial charge on any atom is 0.335 e. The molecule has 0 aliphatic rings. The van der Waals surface area contributed by atoms with E-state index in [0.717, 1.165) is 0 Å². The summed E-state index contributed by atoms with van der Waals surface area (Å²) in [7, 11) is 0. The average molecular weight is 386 g/mol. The molecule has 1 heterocycles. The van der Waals surface area contributed by atoms with Crippen LogP contribution in [0.25, 0.3) is 11.3 Å². The number of benzene rings is 2. The van der Waals surface area contributed by atoms with E-state index >= 15 is 0 Å². The van der Waals surface area contributed by atoms with Crippen LogP contribution >= 0.6 is 11.6 Å². The first-order valence-electron chi connectivity index (χ1n) is 7.60. The second-order valence-electron chi connectivity index (χ2n) is 5.38. The van der Waals surface area contributed by atoms with Gasteiger partial charge in [0.15, 0.2) is 0 Å². The van der Waals surface area contributed by atoms with E-state index in [2.05, 4.69) is 10.5 Å². The minimum Gasteiger partial charge on any atom is -0.478 e. The van der Waals surface area contributed by atoms with E-state index < -0.39 is 10.9 Å². The molecule has 0 aliphatic carbocycles. The number of carboxylic acid groups (broad SMARTS) is 1. The summed E-state index contributed by atoms with van der Waals surface area (Å²) in [5.74, 6) is -0.246. The number of anilines is 1. The number of hydrogen-bond acceptors (Lipinski definition) is 6. The summed E-state index contributed by atoms with van der Waals surface area (Å²) >= 11 is 6.12. The zero-order chi connectivity index (χ0) is 19.4. The zero-order valence-corrected chi connectivity index (χ0v) is 14.4. The van der Waals surface area contributed by atoms with E-state index in [4.69, 9.17) is 21.1 Å². The van der Waals surface area contributed by atoms with E-state index in [9.17, 15) is 14.9 Å². The molecule has 8 nitrogen and oxygen atoms in total. The fraction of sp³-hybridized carbons (Fsp3) is 0. The lowest BCUT2D eigenvalue weighted by Crippen LogP contribution is -1.96. The van der Waals surface area contributed by atoms with Crippen LogP contribution in [0.2, 0.25) is 5.02 Å². The Morgan fingerprint density at radius 3 is 2.59 bits per heavy atom. The molecule has 1 aromatic heterocycles. The van der Waals surface area contributed by atoms with Gasteiger partial charge in [-0.05, 0) is 42.5 Å². The fourth-order valence-electron chi connectivity index (χ4n) is 2.24. The molecule has 2 aromatic carbocycles. The van der Waals surface area contributed by atoms with Crippen molar-refractivity contribution in [3.63, 3.8) is 0 Å². The third-order valence-electron chi connectivity index (χ3n) is 3.57. The number of carboxylic acids is 1. The molecule has 0 atom stereocenters. The topological polar surface area (TPSA) is 118 Å². The van der Waals surface area contributed by atoms with Crippen molar-refractivity contribution < 1.29 is 19.2 Å². The number of nitro benzene ring substituents is 1. The summed E-state index contributed by atoms with van der Waals surface area (Å²) in [5, 5.41) is 24.1. The number of rotatable bonds is 6. The van der Waals surface area contributed by atoms with Crippen LogP contribution in [0, 0.1) is 10.1 Å². The summed E-state index contributed by atoms with van der Waals surface area (Å²) in [4.78, 5) is 21.2. The van der Waals surface area contributed by atoms with Gasteiger partial charge in [-0.1, -0.05) is 11.6 Å². The SMILES string of the molecule is O=C(O)c1ccc(Cl)c(-c2ccc(C=NNc3ccc([N+](=O)[O-])cc3)o2)c1. The van der Waals surface area contributed by atoms with E-state index in [1.165, 1.54) is 48.7 Å². The van der Waals surface area contributed by atoms with Gasteiger partial charge in [-0.15, -0.1) is 0 Å². The van der Waals surface area contributed by atoms with Gasteiger partial charge in [0.2, 0.25) is 0 Å². The fourth-order valence-corrected chi connectivity index (χ4v) is 2.45. The average Bonchev–Trinajstić information content (AvgIpc) is 3.11. The van der Waals surface area contributed by atoms with Gasteiger partial charge in [-0.25, -0.2) is 4.79 Å². The normalized spacial score (nSPS) is 10.9. The third-order valence-corrected chi connectivity index (χ3v) is 3.90. The molecule has 0 bridgehead atoms. The number of nitro groups is 1. The molecule has 27 heavy (non-hydrogen) atoms. The number of non-ortho nitro benzene ring substituents is 1. The molecule has 0 saturated heterocycles. The minimum absolute atomic E-state index is 0.0133. The number of carbonyl (C=O) groups is 1. The Balaban J connectivity index is 1.72. The molecule has 3 rings (SSSR count). The lowest BCUT2D eigenvalue weighted by molar-refractivity contribution is -0.384. The lowest BCUT2D eigenvalue weighted by Gasteiger charge is -2.02. The molecule has 0 fully saturated rings. The second-order valence-corrected chi connectivity index (χ2v) is 5.78. The van der Waals surface area contributed by atoms with E-state index in [1.54, 1.807) is 12.1 Å². The molecule has 0 unspecified atom stereocenters. The highest BCUT2D eigenvalue weighted by Crippen LogP contribution is 2.30. The monoisotopic (exact) mass is 385 g/mol. The first-order chi connectivity index (χ1) is 12.9. The van der Waals surface area contributed by atoms with Crippen LogP contribution < -0.4 is 5.43 Å². The maximum atomic E-state index is 11.1. The number of furan rings is 1. The van der Waals surface area contributed by atoms with Gasteiger partial charge >= 0.3 is 5.97 Å². The van der Waals surface area contributed by atoms with Gasteiger partial charge < -0.3 is 9.52 Å². The van der Waals surface area contributed by atoms with Gasteiger partial charge in [0.05, 0.1) is 27.4 Å². The first kappa shape index (κ1) is 18.2. The number of halogens is 1. The van der Waals surface area contributed by atoms with Crippen LogP contribution in [-0.4, -0.2) is 22.2 Å². The van der Waals surface area contributed by atoms with Gasteiger partial charge in [0.1, 0.15) is 11.5 Å². The van der Waals surface area contributed by atoms with Crippen LogP contribution in [-0.2, 0) is 0 Å². The molecule has 9 heteroatoms. The van der Waals surface area contributed by atoms with Crippen molar-refractivity contribution >= 4 is 35.2 Å². The van der Waals surface area contributed by atoms with Crippen molar-refractivity contribution in [2.75, 3.05) is 5.43 Å². The lowest BCUT2D eigenvalue weighted by atomic mass is 10.1. The van der Waals surface area contributed by atoms with Crippen LogP contribution in [0.4, 0.5) is 11.4 Å². The summed E-state index contributed by atoms with van der Waals surface area (Å²) < 4.78 is 5.62. The van der Waals surface area contributed by atoms with Gasteiger partial charge in [0.25, 0.3) is 5.69 Å². The van der Waals surface area contributed by atoms with Crippen molar-refractivity contribution in [3.05, 3.63) is 81.1 Å². The largest absolute Gasteiger partial charge is 0.478 e. The number of hydrazone groups is 1. The van der Waals surface area contributed by atoms with Crippen LogP contribution in [0.15, 0.2) is 64.1 Å². The number of hydrogen-bond donors (Lipinski definition) is 2. The predicted octanol–water partition coefficient (Wildman–Crippen LogP) is 4.65. The molecule has 0 aliphatic heterocycles. The van der Waals surface area contributed by atoms with Crippen LogP contribution in [0.1, 0.15) is 16.1 Å². The number of nitrogens with zero attached hydrogens (tertiary/aromatic N) is 2. The van der Waals surface area contributed by atoms with Crippen molar-refractivity contribution in [2.24, 2.45) is 5.10 Å². The van der Waals surface area contributed by atoms with E-state index in [0.29, 0.717) is 27.8 Å². The van der Waals surface area contributed by atoms with E-state index in [-0.39, 0.29) is 11.3 Å². The second kappa shape index (κ2) is 7.71. The quantitative estimate of drug-likeness (QED) is 0.362. The van der Waals surface area contributed by atoms with Crippen LogP contribution in [0.3, 0.4) is 0 Å². The summed E-state index contributed by atoms with van der Waals surface area (Å²) in [6, 6.07) is 13.4. The Hall–Kier alpha value is -3.65. The van der Waals surface area contributed by atoms with E-state index in [1.807, 2.05) is 0 Å². The highest BCUT2D eigenvalue weighted by atomic mass is 35.5.